The molecule has 0 aliphatic carbocycles. The molecular formula is C25H31N3O. The Kier molecular flexibility index (Phi) is 4.89. The second kappa shape index (κ2) is 7.25. The predicted molar refractivity (Wildman–Crippen MR) is 121 cm³/mol. The monoisotopic (exact) mass is 389 g/mol. The highest BCUT2D eigenvalue weighted by atomic mass is 16.2. The van der Waals surface area contributed by atoms with E-state index >= 15 is 0 Å². The van der Waals surface area contributed by atoms with E-state index in [1.54, 1.807) is 0 Å². The molecule has 29 heavy (non-hydrogen) atoms. The van der Waals surface area contributed by atoms with Crippen LogP contribution in [-0.2, 0) is 10.2 Å². The number of nitrogens with zero attached hydrogens (tertiary/aromatic N) is 2. The van der Waals surface area contributed by atoms with E-state index in [0.29, 0.717) is 6.42 Å². The van der Waals surface area contributed by atoms with Gasteiger partial charge < -0.3 is 15.1 Å². The summed E-state index contributed by atoms with van der Waals surface area (Å²) < 4.78 is 0. The number of rotatable bonds is 5. The van der Waals surface area contributed by atoms with Gasteiger partial charge in [0.1, 0.15) is 5.66 Å². The number of carbonyl (C=O) groups is 1. The highest BCUT2D eigenvalue weighted by Crippen LogP contribution is 2.52. The van der Waals surface area contributed by atoms with Crippen molar-refractivity contribution in [3.05, 3.63) is 65.7 Å². The van der Waals surface area contributed by atoms with Crippen LogP contribution < -0.4 is 15.1 Å². The van der Waals surface area contributed by atoms with E-state index in [2.05, 4.69) is 103 Å². The zero-order valence-corrected chi connectivity index (χ0v) is 17.9. The molecule has 1 fully saturated rings. The van der Waals surface area contributed by atoms with E-state index in [9.17, 15) is 4.79 Å². The minimum Gasteiger partial charge on any atom is -0.372 e. The molecular weight excluding hydrogens is 358 g/mol. The summed E-state index contributed by atoms with van der Waals surface area (Å²) in [6.07, 6.45) is 4.87. The maximum atomic E-state index is 12.5. The zero-order chi connectivity index (χ0) is 20.6. The van der Waals surface area contributed by atoms with Gasteiger partial charge in [0.2, 0.25) is 5.91 Å². The van der Waals surface area contributed by atoms with Crippen molar-refractivity contribution in [3.63, 3.8) is 0 Å². The second-order valence-electron chi connectivity index (χ2n) is 8.46. The van der Waals surface area contributed by atoms with Crippen molar-refractivity contribution >= 4 is 23.4 Å². The molecule has 1 unspecified atom stereocenters. The molecule has 1 N–H and O–H groups in total. The Balaban J connectivity index is 1.71. The lowest BCUT2D eigenvalue weighted by molar-refractivity contribution is -0.124. The normalized spacial score (nSPS) is 22.3. The van der Waals surface area contributed by atoms with Gasteiger partial charge in [0.05, 0.1) is 0 Å². The van der Waals surface area contributed by atoms with Crippen LogP contribution in [-0.4, -0.2) is 31.2 Å². The van der Waals surface area contributed by atoms with Crippen LogP contribution in [0.5, 0.6) is 0 Å². The molecule has 1 saturated heterocycles. The van der Waals surface area contributed by atoms with Crippen molar-refractivity contribution in [2.75, 3.05) is 29.4 Å². The first-order valence-corrected chi connectivity index (χ1v) is 10.7. The third-order valence-electron chi connectivity index (χ3n) is 6.68. The van der Waals surface area contributed by atoms with Crippen LogP contribution in [0.3, 0.4) is 0 Å². The number of anilines is 2. The smallest absolute Gasteiger partial charge is 0.223 e. The minimum absolute atomic E-state index is 0.115. The summed E-state index contributed by atoms with van der Waals surface area (Å²) in [6.45, 7) is 11.5. The van der Waals surface area contributed by atoms with Gasteiger partial charge in [-0.25, -0.2) is 0 Å². The average molecular weight is 390 g/mol. The molecule has 4 rings (SSSR count). The molecule has 0 aromatic heterocycles. The summed E-state index contributed by atoms with van der Waals surface area (Å²) in [7, 11) is 0. The van der Waals surface area contributed by atoms with Gasteiger partial charge in [0.25, 0.3) is 0 Å². The fraction of sp³-hybridized carbons (Fsp3) is 0.400. The maximum absolute atomic E-state index is 12.5. The predicted octanol–water partition coefficient (Wildman–Crippen LogP) is 4.56. The van der Waals surface area contributed by atoms with Gasteiger partial charge in [0, 0.05) is 42.8 Å². The molecule has 0 saturated carbocycles. The third-order valence-corrected chi connectivity index (χ3v) is 6.68. The number of carbonyl (C=O) groups excluding carboxylic acids is 1. The summed E-state index contributed by atoms with van der Waals surface area (Å²) in [5, 5.41) is 3.34. The van der Waals surface area contributed by atoms with Gasteiger partial charge in [-0.2, -0.15) is 0 Å². The molecule has 4 nitrogen and oxygen atoms in total. The van der Waals surface area contributed by atoms with Crippen molar-refractivity contribution in [1.82, 2.24) is 5.32 Å². The largest absolute Gasteiger partial charge is 0.372 e. The Labute approximate surface area is 174 Å². The van der Waals surface area contributed by atoms with Gasteiger partial charge in [-0.1, -0.05) is 50.3 Å². The van der Waals surface area contributed by atoms with Crippen LogP contribution in [0.25, 0.3) is 6.08 Å². The summed E-state index contributed by atoms with van der Waals surface area (Å²) >= 11 is 0. The number of hydrogen-bond donors (Lipinski definition) is 1. The van der Waals surface area contributed by atoms with Gasteiger partial charge in [-0.3, -0.25) is 4.79 Å². The summed E-state index contributed by atoms with van der Waals surface area (Å²) in [4.78, 5) is 17.2. The van der Waals surface area contributed by atoms with Crippen LogP contribution in [0, 0.1) is 0 Å². The van der Waals surface area contributed by atoms with Crippen molar-refractivity contribution in [2.45, 2.75) is 45.2 Å². The highest BCUT2D eigenvalue weighted by Gasteiger charge is 2.57. The molecule has 1 atom stereocenters. The standard InChI is InChI=1S/C25H31N3O/c1-5-27(6-2)20-13-11-19(12-14-20)15-17-25-24(3,4)21-9-7-8-10-22(21)28(25)18-16-23(29)26-25/h7-15,17H,5-6,16,18H2,1-4H3,(H,26,29)/b17-15+. The van der Waals surface area contributed by atoms with Crippen molar-refractivity contribution in [2.24, 2.45) is 0 Å². The lowest BCUT2D eigenvalue weighted by Gasteiger charge is -2.49. The number of fused-ring (bicyclic) bond motifs is 3. The molecule has 0 bridgehead atoms. The first-order valence-electron chi connectivity index (χ1n) is 10.7. The number of hydrogen-bond acceptors (Lipinski definition) is 3. The fourth-order valence-corrected chi connectivity index (χ4v) is 4.92. The fourth-order valence-electron chi connectivity index (χ4n) is 4.92. The number of para-hydroxylation sites is 1. The Hall–Kier alpha value is -2.75. The summed E-state index contributed by atoms with van der Waals surface area (Å²) in [5.41, 5.74) is 4.09. The van der Waals surface area contributed by atoms with E-state index < -0.39 is 5.66 Å². The van der Waals surface area contributed by atoms with Crippen molar-refractivity contribution in [3.8, 4) is 0 Å². The lowest BCUT2D eigenvalue weighted by atomic mass is 9.74. The Morgan fingerprint density at radius 1 is 1.07 bits per heavy atom. The van der Waals surface area contributed by atoms with E-state index in [1.807, 2.05) is 0 Å². The first-order chi connectivity index (χ1) is 13.9. The van der Waals surface area contributed by atoms with Gasteiger partial charge in [-0.15, -0.1) is 0 Å². The maximum Gasteiger partial charge on any atom is 0.223 e. The molecule has 0 radical (unpaired) electrons. The van der Waals surface area contributed by atoms with Gasteiger partial charge >= 0.3 is 0 Å². The SMILES string of the molecule is CCN(CC)c1ccc(/C=C/C23NC(=O)CCN2c2ccccc2C3(C)C)cc1. The molecule has 2 aliphatic rings. The van der Waals surface area contributed by atoms with Crippen LogP contribution in [0.15, 0.2) is 54.6 Å². The Bertz CT molecular complexity index is 927. The van der Waals surface area contributed by atoms with Gasteiger partial charge in [-0.05, 0) is 49.2 Å². The Morgan fingerprint density at radius 2 is 1.76 bits per heavy atom. The highest BCUT2D eigenvalue weighted by molar-refractivity contribution is 5.84. The van der Waals surface area contributed by atoms with E-state index in [0.717, 1.165) is 25.2 Å². The van der Waals surface area contributed by atoms with Crippen molar-refractivity contribution in [1.29, 1.82) is 0 Å². The molecule has 152 valence electrons. The van der Waals surface area contributed by atoms with E-state index in [1.165, 1.54) is 16.9 Å². The quantitative estimate of drug-likeness (QED) is 0.814. The summed E-state index contributed by atoms with van der Waals surface area (Å²) in [6, 6.07) is 17.2. The van der Waals surface area contributed by atoms with Crippen LogP contribution >= 0.6 is 0 Å². The van der Waals surface area contributed by atoms with E-state index in [-0.39, 0.29) is 11.3 Å². The minimum atomic E-state index is -0.552. The third kappa shape index (κ3) is 3.02. The number of amides is 1. The zero-order valence-electron chi connectivity index (χ0n) is 17.9. The van der Waals surface area contributed by atoms with E-state index in [4.69, 9.17) is 0 Å². The van der Waals surface area contributed by atoms with Gasteiger partial charge in [0.15, 0.2) is 0 Å². The number of nitrogens with one attached hydrogen (secondary N) is 1. The summed E-state index contributed by atoms with van der Waals surface area (Å²) in [5.74, 6) is 0.115. The second-order valence-corrected chi connectivity index (χ2v) is 8.46. The lowest BCUT2D eigenvalue weighted by Crippen LogP contribution is -2.68. The van der Waals surface area contributed by atoms with Crippen LogP contribution in [0.4, 0.5) is 11.4 Å². The average Bonchev–Trinajstić information content (AvgIpc) is 2.92. The number of benzene rings is 2. The molecule has 2 aromatic carbocycles. The topological polar surface area (TPSA) is 35.6 Å². The molecule has 4 heteroatoms. The molecule has 2 heterocycles. The van der Waals surface area contributed by atoms with Crippen molar-refractivity contribution < 1.29 is 4.79 Å². The molecule has 1 amide bonds. The molecule has 2 aromatic rings. The Morgan fingerprint density at radius 3 is 2.45 bits per heavy atom. The molecule has 0 spiro atoms. The first kappa shape index (κ1) is 19.6. The molecule has 2 aliphatic heterocycles. The van der Waals surface area contributed by atoms with Crippen LogP contribution in [0.1, 0.15) is 45.2 Å². The van der Waals surface area contributed by atoms with Crippen LogP contribution in [0.2, 0.25) is 0 Å².